The van der Waals surface area contributed by atoms with Gasteiger partial charge in [-0.2, -0.15) is 0 Å². The quantitative estimate of drug-likeness (QED) is 0.0198. The van der Waals surface area contributed by atoms with Crippen LogP contribution in [0.2, 0.25) is 0 Å². The van der Waals surface area contributed by atoms with Gasteiger partial charge >= 0.3 is 11.9 Å². The number of hydrogen-bond acceptors (Lipinski definition) is 14. The highest BCUT2D eigenvalue weighted by Crippen LogP contribution is 2.08. The lowest BCUT2D eigenvalue weighted by Gasteiger charge is -2.27. The molecule has 0 unspecified atom stereocenters. The molecule has 20 N–H and O–H groups in total. The molecule has 0 bridgehead atoms. The van der Waals surface area contributed by atoms with Crippen molar-refractivity contribution in [1.29, 1.82) is 0 Å². The van der Waals surface area contributed by atoms with Gasteiger partial charge in [0, 0.05) is 13.0 Å². The molecule has 0 saturated carbocycles. The number of nitrogens with zero attached hydrogens (tertiary/aromatic N) is 1. The minimum Gasteiger partial charge on any atom is -0.481 e. The predicted molar refractivity (Wildman–Crippen MR) is 195 cm³/mol. The van der Waals surface area contributed by atoms with E-state index in [9.17, 15) is 68.4 Å². The molecule has 322 valence electrons. The number of rotatable bonds is 28. The van der Waals surface area contributed by atoms with Gasteiger partial charge in [0.15, 0.2) is 5.96 Å². The molecule has 8 amide bonds. The molecule has 0 aliphatic rings. The maximum atomic E-state index is 13.4. The zero-order chi connectivity index (χ0) is 44.0. The fraction of sp³-hybridized carbons (Fsp3) is 0.645. The summed E-state index contributed by atoms with van der Waals surface area (Å²) in [6, 6.07) is -11.7. The molecule has 0 fully saturated rings. The first kappa shape index (κ1) is 50.8. The van der Waals surface area contributed by atoms with E-state index in [2.05, 4.69) is 31.6 Å². The number of aliphatic hydroxyl groups is 2. The van der Waals surface area contributed by atoms with Gasteiger partial charge in [0.05, 0.1) is 32.1 Å². The molecule has 0 rings (SSSR count). The Hall–Kier alpha value is -6.15. The fourth-order valence-corrected chi connectivity index (χ4v) is 4.72. The normalized spacial score (nSPS) is 14.5. The number of hydrogen-bond donors (Lipinski definition) is 15. The summed E-state index contributed by atoms with van der Waals surface area (Å²) >= 11 is 0. The lowest BCUT2D eigenvalue weighted by molar-refractivity contribution is -0.143. The second-order valence-corrected chi connectivity index (χ2v) is 13.0. The van der Waals surface area contributed by atoms with E-state index >= 15 is 0 Å². The summed E-state index contributed by atoms with van der Waals surface area (Å²) in [4.78, 5) is 128. The largest absolute Gasteiger partial charge is 0.481 e. The topological polar surface area (TPSA) is 466 Å². The lowest BCUT2D eigenvalue weighted by Crippen LogP contribution is -2.61. The van der Waals surface area contributed by atoms with Crippen molar-refractivity contribution in [2.24, 2.45) is 39.6 Å². The van der Waals surface area contributed by atoms with Crippen molar-refractivity contribution in [2.75, 3.05) is 19.8 Å². The average molecular weight is 819 g/mol. The number of carbonyl (C=O) groups is 10. The minimum atomic E-state index is -1.98. The Bertz CT molecular complexity index is 1490. The van der Waals surface area contributed by atoms with Gasteiger partial charge in [-0.15, -0.1) is 0 Å². The van der Waals surface area contributed by atoms with Crippen LogP contribution in [0.4, 0.5) is 0 Å². The molecule has 0 aliphatic heterocycles. The summed E-state index contributed by atoms with van der Waals surface area (Å²) in [6.45, 7) is 1.32. The molecule has 0 aromatic heterocycles. The van der Waals surface area contributed by atoms with Crippen molar-refractivity contribution in [3.05, 3.63) is 0 Å². The molecule has 0 saturated heterocycles. The molecule has 57 heavy (non-hydrogen) atoms. The van der Waals surface area contributed by atoms with Crippen molar-refractivity contribution >= 4 is 65.2 Å². The fourth-order valence-electron chi connectivity index (χ4n) is 4.72. The first-order chi connectivity index (χ1) is 26.5. The molecule has 0 aromatic carbocycles. The number of primary amides is 2. The Morgan fingerprint density at radius 2 is 0.982 bits per heavy atom. The first-order valence-corrected chi connectivity index (χ1v) is 17.4. The van der Waals surface area contributed by atoms with Crippen LogP contribution in [0.25, 0.3) is 0 Å². The third kappa shape index (κ3) is 20.9. The summed E-state index contributed by atoms with van der Waals surface area (Å²) in [5, 5.41) is 51.1. The number of aliphatic carboxylic acids is 2. The smallest absolute Gasteiger partial charge is 0.326 e. The minimum absolute atomic E-state index is 0.0552. The van der Waals surface area contributed by atoms with E-state index in [4.69, 9.17) is 28.7 Å². The maximum Gasteiger partial charge on any atom is 0.326 e. The van der Waals surface area contributed by atoms with E-state index in [1.807, 2.05) is 5.32 Å². The molecule has 26 nitrogen and oxygen atoms in total. The monoisotopic (exact) mass is 818 g/mol. The van der Waals surface area contributed by atoms with Crippen LogP contribution >= 0.6 is 0 Å². The van der Waals surface area contributed by atoms with Crippen molar-refractivity contribution in [1.82, 2.24) is 31.9 Å². The van der Waals surface area contributed by atoms with Gasteiger partial charge in [-0.05, 0) is 31.6 Å². The van der Waals surface area contributed by atoms with Crippen molar-refractivity contribution in [2.45, 2.75) is 101 Å². The number of carbonyl (C=O) groups excluding carboxylic acids is 8. The lowest BCUT2D eigenvalue weighted by atomic mass is 10.0. The zero-order valence-corrected chi connectivity index (χ0v) is 31.4. The Balaban J connectivity index is 6.04. The molecule has 0 aliphatic carbocycles. The maximum absolute atomic E-state index is 13.4. The molecular weight excluding hydrogens is 764 g/mol. The van der Waals surface area contributed by atoms with Crippen LogP contribution in [0.15, 0.2) is 4.99 Å². The first-order valence-electron chi connectivity index (χ1n) is 17.4. The van der Waals surface area contributed by atoms with Gasteiger partial charge in [0.25, 0.3) is 0 Å². The molecule has 0 spiro atoms. The molecular formula is C31H54N12O14. The molecule has 0 radical (unpaired) electrons. The van der Waals surface area contributed by atoms with E-state index in [-0.39, 0.29) is 37.7 Å². The Kier molecular flexibility index (Phi) is 23.1. The van der Waals surface area contributed by atoms with Crippen LogP contribution in [0.5, 0.6) is 0 Å². The third-order valence-corrected chi connectivity index (χ3v) is 7.62. The summed E-state index contributed by atoms with van der Waals surface area (Å²) in [5.74, 6) is -12.7. The predicted octanol–water partition coefficient (Wildman–Crippen LogP) is -7.99. The number of carboxylic acids is 2. The highest BCUT2D eigenvalue weighted by atomic mass is 16.4. The number of nitrogens with one attached hydrogen (secondary N) is 6. The van der Waals surface area contributed by atoms with Gasteiger partial charge < -0.3 is 81.0 Å². The Morgan fingerprint density at radius 3 is 1.40 bits per heavy atom. The summed E-state index contributed by atoms with van der Waals surface area (Å²) < 4.78 is 0. The van der Waals surface area contributed by atoms with Crippen molar-refractivity contribution < 1.29 is 68.4 Å². The summed E-state index contributed by atoms with van der Waals surface area (Å²) in [5.41, 5.74) is 26.5. The second kappa shape index (κ2) is 25.8. The van der Waals surface area contributed by atoms with Crippen LogP contribution in [0.1, 0.15) is 58.8 Å². The van der Waals surface area contributed by atoms with Crippen LogP contribution in [0, 0.1) is 5.92 Å². The van der Waals surface area contributed by atoms with E-state index in [1.165, 1.54) is 0 Å². The number of guanidine groups is 1. The summed E-state index contributed by atoms with van der Waals surface area (Å²) in [6.07, 6.45) is -2.66. The van der Waals surface area contributed by atoms with Gasteiger partial charge in [0.1, 0.15) is 36.3 Å². The second-order valence-electron chi connectivity index (χ2n) is 13.0. The highest BCUT2D eigenvalue weighted by Gasteiger charge is 2.35. The number of aliphatic imine (C=N–C) groups is 1. The highest BCUT2D eigenvalue weighted by molar-refractivity contribution is 5.99. The number of carboxylic acid groups (broad SMARTS) is 2. The van der Waals surface area contributed by atoms with E-state index in [0.717, 1.165) is 0 Å². The Labute approximate surface area is 325 Å². The molecule has 26 heteroatoms. The van der Waals surface area contributed by atoms with Crippen LogP contribution in [-0.2, 0) is 47.9 Å². The third-order valence-electron chi connectivity index (χ3n) is 7.62. The molecule has 0 heterocycles. The van der Waals surface area contributed by atoms with E-state index in [0.29, 0.717) is 0 Å². The van der Waals surface area contributed by atoms with Crippen LogP contribution in [-0.4, -0.2) is 148 Å². The summed E-state index contributed by atoms with van der Waals surface area (Å²) in [7, 11) is 0. The number of amides is 8. The van der Waals surface area contributed by atoms with Crippen LogP contribution < -0.4 is 60.6 Å². The number of nitrogens with two attached hydrogens (primary N) is 5. The van der Waals surface area contributed by atoms with Crippen LogP contribution in [0.3, 0.4) is 0 Å². The molecule has 0 aromatic rings. The van der Waals surface area contributed by atoms with Gasteiger partial charge in [-0.25, -0.2) is 4.79 Å². The zero-order valence-electron chi connectivity index (χ0n) is 31.4. The number of aliphatic hydroxyl groups excluding tert-OH is 2. The average Bonchev–Trinajstić information content (AvgIpc) is 3.10. The van der Waals surface area contributed by atoms with Gasteiger partial charge in [-0.3, -0.25) is 48.1 Å². The van der Waals surface area contributed by atoms with Crippen molar-refractivity contribution in [3.8, 4) is 0 Å². The van der Waals surface area contributed by atoms with E-state index in [1.54, 1.807) is 13.8 Å². The Morgan fingerprint density at radius 1 is 0.561 bits per heavy atom. The van der Waals surface area contributed by atoms with E-state index < -0.39 is 140 Å². The van der Waals surface area contributed by atoms with Crippen molar-refractivity contribution in [3.63, 3.8) is 0 Å². The SMILES string of the molecule is CC(C)C[C@H](NC(=O)[C@H](CC(N)=O)NC(=O)[C@H](CC(=O)O)NC(=O)[C@H](CO)NC(=O)[C@@H](N)CCCN=C(N)N)C(=O)N[C@@H](CO)C(=O)N[C@@H](CCC(N)=O)C(=O)O. The molecule has 7 atom stereocenters. The van der Waals surface area contributed by atoms with Gasteiger partial charge in [0.2, 0.25) is 47.3 Å². The van der Waals surface area contributed by atoms with Gasteiger partial charge in [-0.1, -0.05) is 13.8 Å². The standard InChI is InChI=1S/C31H54N12O14/c1-13(2)8-16(25(51)43-20(12-45)28(54)38-15(30(56)57)5-6-21(33)46)39-26(52)17(9-22(34)47)40-27(53)18(10-23(48)49)41-29(55)19(11-44)42-24(50)14(32)4-3-7-37-31(35)36/h13-20,44-45H,3-12,32H2,1-2H3,(H2,33,46)(H2,34,47)(H,38,54)(H,39,52)(H,40,53)(H,41,55)(H,42,50)(H,43,51)(H,48,49)(H,56,57)(H4,35,36,37)/t14-,15-,16-,17-,18-,19-,20-/m0/s1.